The molecule has 1 aliphatic heterocycles. The van der Waals surface area contributed by atoms with Crippen LogP contribution in [0.5, 0.6) is 0 Å². The zero-order chi connectivity index (χ0) is 23.8. The number of hydrogen-bond donors (Lipinski definition) is 2. The summed E-state index contributed by atoms with van der Waals surface area (Å²) in [6.45, 7) is 1.20. The minimum atomic E-state index is -0.295. The van der Waals surface area contributed by atoms with E-state index in [-0.39, 0.29) is 17.7 Å². The average Bonchev–Trinajstić information content (AvgIpc) is 3.23. The van der Waals surface area contributed by atoms with E-state index < -0.39 is 0 Å². The van der Waals surface area contributed by atoms with Crippen molar-refractivity contribution in [1.82, 2.24) is 10.6 Å². The van der Waals surface area contributed by atoms with Crippen LogP contribution in [0.3, 0.4) is 0 Å². The molecule has 4 saturated carbocycles. The number of nitrogens with one attached hydrogen (secondary N) is 2. The van der Waals surface area contributed by atoms with Crippen LogP contribution in [0, 0.1) is 17.8 Å². The third-order valence-electron chi connectivity index (χ3n) is 9.46. The molecule has 4 aliphatic carbocycles. The molecule has 1 aromatic carbocycles. The van der Waals surface area contributed by atoms with E-state index in [1.807, 2.05) is 6.07 Å². The lowest BCUT2D eigenvalue weighted by molar-refractivity contribution is -0.134. The number of fused-ring (bicyclic) bond motifs is 1. The highest BCUT2D eigenvalue weighted by atomic mass is 16.3. The van der Waals surface area contributed by atoms with E-state index in [4.69, 9.17) is 4.42 Å². The van der Waals surface area contributed by atoms with Gasteiger partial charge in [-0.05, 0) is 106 Å². The molecule has 0 radical (unpaired) electrons. The standard InChI is InChI=1S/C30H40N2O3/c33-28-10-8-24(29(34)32-28)26-19-35-27-9-7-20(15-25(26)27)6-4-2-1-3-5-11-31-30-16-21-12-22(17-30)14-23(13-21)18-30/h7,9,15,19,21-24,31H,1-6,8,10-14,16-18H2,(H,32,33,34). The molecule has 1 unspecified atom stereocenters. The molecule has 4 bridgehead atoms. The van der Waals surface area contributed by atoms with E-state index >= 15 is 0 Å². The van der Waals surface area contributed by atoms with Gasteiger partial charge in [0, 0.05) is 22.9 Å². The molecule has 5 aliphatic rings. The second-order valence-corrected chi connectivity index (χ2v) is 12.2. The van der Waals surface area contributed by atoms with Crippen molar-refractivity contribution in [1.29, 1.82) is 0 Å². The maximum Gasteiger partial charge on any atom is 0.234 e. The Labute approximate surface area is 208 Å². The fraction of sp³-hybridized carbons (Fsp3) is 0.667. The van der Waals surface area contributed by atoms with Gasteiger partial charge in [-0.15, -0.1) is 0 Å². The van der Waals surface area contributed by atoms with Gasteiger partial charge in [-0.2, -0.15) is 0 Å². The van der Waals surface area contributed by atoms with Gasteiger partial charge < -0.3 is 9.73 Å². The van der Waals surface area contributed by atoms with E-state index in [0.717, 1.165) is 40.7 Å². The summed E-state index contributed by atoms with van der Waals surface area (Å²) < 4.78 is 5.72. The van der Waals surface area contributed by atoms with Crippen LogP contribution in [-0.2, 0) is 16.0 Å². The third-order valence-corrected chi connectivity index (χ3v) is 9.46. The van der Waals surface area contributed by atoms with E-state index in [9.17, 15) is 9.59 Å². The predicted octanol–water partition coefficient (Wildman–Crippen LogP) is 6.00. The Morgan fingerprint density at radius 2 is 1.66 bits per heavy atom. The predicted molar refractivity (Wildman–Crippen MR) is 137 cm³/mol. The Hall–Kier alpha value is -2.14. The van der Waals surface area contributed by atoms with Crippen LogP contribution >= 0.6 is 0 Å². The molecule has 188 valence electrons. The molecular weight excluding hydrogens is 436 g/mol. The Morgan fingerprint density at radius 3 is 2.40 bits per heavy atom. The fourth-order valence-corrected chi connectivity index (χ4v) is 8.18. The lowest BCUT2D eigenvalue weighted by Gasteiger charge is -2.57. The van der Waals surface area contributed by atoms with Crippen molar-refractivity contribution in [3.63, 3.8) is 0 Å². The zero-order valence-electron chi connectivity index (χ0n) is 21.0. The van der Waals surface area contributed by atoms with Crippen molar-refractivity contribution in [3.05, 3.63) is 35.6 Å². The molecule has 2 N–H and O–H groups in total. The zero-order valence-corrected chi connectivity index (χ0v) is 21.0. The summed E-state index contributed by atoms with van der Waals surface area (Å²) in [5.41, 5.74) is 3.54. The number of carbonyl (C=O) groups is 2. The second kappa shape index (κ2) is 9.72. The van der Waals surface area contributed by atoms with Gasteiger partial charge in [0.1, 0.15) is 5.58 Å². The van der Waals surface area contributed by atoms with Crippen molar-refractivity contribution in [2.75, 3.05) is 6.54 Å². The minimum absolute atomic E-state index is 0.178. The molecule has 35 heavy (non-hydrogen) atoms. The molecule has 5 nitrogen and oxygen atoms in total. The van der Waals surface area contributed by atoms with Crippen molar-refractivity contribution in [3.8, 4) is 0 Å². The molecule has 2 aromatic rings. The van der Waals surface area contributed by atoms with Crippen molar-refractivity contribution in [2.45, 2.75) is 101 Å². The lowest BCUT2D eigenvalue weighted by Crippen LogP contribution is -2.58. The van der Waals surface area contributed by atoms with Crippen LogP contribution in [0.4, 0.5) is 0 Å². The Bertz CT molecular complexity index is 1050. The van der Waals surface area contributed by atoms with E-state index in [0.29, 0.717) is 18.4 Å². The molecule has 1 atom stereocenters. The highest BCUT2D eigenvalue weighted by Gasteiger charge is 2.50. The summed E-state index contributed by atoms with van der Waals surface area (Å²) in [6.07, 6.45) is 19.0. The molecular formula is C30H40N2O3. The van der Waals surface area contributed by atoms with Gasteiger partial charge in [0.25, 0.3) is 0 Å². The van der Waals surface area contributed by atoms with Crippen LogP contribution in [-0.4, -0.2) is 23.9 Å². The smallest absolute Gasteiger partial charge is 0.234 e. The topological polar surface area (TPSA) is 71.3 Å². The maximum atomic E-state index is 12.3. The first kappa shape index (κ1) is 23.3. The SMILES string of the molecule is O=C1CCC(c2coc3ccc(CCCCCCCNC45CC6CC(CC(C6)C4)C5)cc23)C(=O)N1. The van der Waals surface area contributed by atoms with E-state index in [2.05, 4.69) is 22.8 Å². The van der Waals surface area contributed by atoms with Crippen LogP contribution in [0.25, 0.3) is 11.0 Å². The number of benzene rings is 1. The largest absolute Gasteiger partial charge is 0.464 e. The molecule has 5 heteroatoms. The van der Waals surface area contributed by atoms with Crippen LogP contribution in [0.1, 0.15) is 101 Å². The lowest BCUT2D eigenvalue weighted by atomic mass is 9.53. The second-order valence-electron chi connectivity index (χ2n) is 12.2. The number of imide groups is 1. The number of carbonyl (C=O) groups excluding carboxylic acids is 2. The molecule has 5 fully saturated rings. The van der Waals surface area contributed by atoms with Gasteiger partial charge in [-0.3, -0.25) is 14.9 Å². The first-order chi connectivity index (χ1) is 17.1. The van der Waals surface area contributed by atoms with Crippen LogP contribution in [0.2, 0.25) is 0 Å². The van der Waals surface area contributed by atoms with E-state index in [1.54, 1.807) is 6.26 Å². The monoisotopic (exact) mass is 476 g/mol. The summed E-state index contributed by atoms with van der Waals surface area (Å²) in [4.78, 5) is 23.8. The van der Waals surface area contributed by atoms with Crippen molar-refractivity contribution in [2.24, 2.45) is 17.8 Å². The first-order valence-electron chi connectivity index (χ1n) is 14.2. The highest BCUT2D eigenvalue weighted by Crippen LogP contribution is 2.55. The third kappa shape index (κ3) is 4.94. The molecule has 1 saturated heterocycles. The molecule has 7 rings (SSSR count). The Kier molecular flexibility index (Phi) is 6.46. The Balaban J connectivity index is 0.929. The normalized spacial score (nSPS) is 31.9. The number of furan rings is 1. The molecule has 0 spiro atoms. The molecule has 1 aromatic heterocycles. The summed E-state index contributed by atoms with van der Waals surface area (Å²) >= 11 is 0. The van der Waals surface area contributed by atoms with Gasteiger partial charge in [0.15, 0.2) is 0 Å². The van der Waals surface area contributed by atoms with Gasteiger partial charge in [0.2, 0.25) is 11.8 Å². The van der Waals surface area contributed by atoms with Crippen molar-refractivity contribution >= 4 is 22.8 Å². The molecule has 2 heterocycles. The quantitative estimate of drug-likeness (QED) is 0.326. The van der Waals surface area contributed by atoms with Crippen molar-refractivity contribution < 1.29 is 14.0 Å². The summed E-state index contributed by atoms with van der Waals surface area (Å²) in [5.74, 6) is 2.40. The summed E-state index contributed by atoms with van der Waals surface area (Å²) in [6, 6.07) is 6.36. The van der Waals surface area contributed by atoms with Gasteiger partial charge in [0.05, 0.1) is 12.2 Å². The first-order valence-corrected chi connectivity index (χ1v) is 14.2. The average molecular weight is 477 g/mol. The number of unbranched alkanes of at least 4 members (excludes halogenated alkanes) is 4. The van der Waals surface area contributed by atoms with Crippen LogP contribution in [0.15, 0.2) is 28.9 Å². The van der Waals surface area contributed by atoms with Gasteiger partial charge in [-0.1, -0.05) is 25.3 Å². The highest BCUT2D eigenvalue weighted by molar-refractivity contribution is 6.02. The number of rotatable bonds is 10. The Morgan fingerprint density at radius 1 is 0.943 bits per heavy atom. The number of piperidine rings is 1. The molecule has 2 amide bonds. The van der Waals surface area contributed by atoms with Gasteiger partial charge >= 0.3 is 0 Å². The number of amides is 2. The number of aryl methyl sites for hydroxylation is 1. The van der Waals surface area contributed by atoms with Gasteiger partial charge in [-0.25, -0.2) is 0 Å². The minimum Gasteiger partial charge on any atom is -0.464 e. The van der Waals surface area contributed by atoms with Crippen LogP contribution < -0.4 is 10.6 Å². The maximum absolute atomic E-state index is 12.3. The van der Waals surface area contributed by atoms with E-state index in [1.165, 1.54) is 82.7 Å². The number of hydrogen-bond acceptors (Lipinski definition) is 4. The summed E-state index contributed by atoms with van der Waals surface area (Å²) in [7, 11) is 0. The summed E-state index contributed by atoms with van der Waals surface area (Å²) in [5, 5.41) is 7.53. The fourth-order valence-electron chi connectivity index (χ4n) is 8.18.